The zero-order chi connectivity index (χ0) is 33.9. The molecule has 3 aliphatic heterocycles. The number of nitrogens with zero attached hydrogens (tertiary/aromatic N) is 3. The van der Waals surface area contributed by atoms with E-state index in [9.17, 15) is 28.8 Å². The first-order valence-electron chi connectivity index (χ1n) is 15.6. The van der Waals surface area contributed by atoms with Crippen LogP contribution in [0.3, 0.4) is 0 Å². The number of carbonyl (C=O) groups is 6. The standard InChI is InChI=1S/C33H40N6O8/c1-20-5-7-23(16-26(20)46-28(41)19-37-11-13-38(14-12-37)32(45)47-33(2,3)4)35-31(44)34-17-21-6-8-24-22(15-21)18-39(30(24)43)25-9-10-27(40)36-29(25)42/h5-8,15-16,25H,9-14,17-19H2,1-4H3,(H2,34,35,44)(H,36,40,42). The number of hydrogen-bond acceptors (Lipinski definition) is 9. The molecular weight excluding hydrogens is 608 g/mol. The summed E-state index contributed by atoms with van der Waals surface area (Å²) in [4.78, 5) is 79.5. The molecule has 2 fully saturated rings. The fourth-order valence-corrected chi connectivity index (χ4v) is 5.64. The SMILES string of the molecule is Cc1ccc(NC(=O)NCc2ccc3c(c2)CN(C2CCC(=O)NC2=O)C3=O)cc1OC(=O)CN1CCN(C(=O)OC(C)(C)C)CC1. The van der Waals surface area contributed by atoms with Gasteiger partial charge in [0.1, 0.15) is 17.4 Å². The Morgan fingerprint density at radius 3 is 2.45 bits per heavy atom. The van der Waals surface area contributed by atoms with Gasteiger partial charge in [0.2, 0.25) is 11.8 Å². The largest absolute Gasteiger partial charge is 0.444 e. The molecule has 3 N–H and O–H groups in total. The maximum absolute atomic E-state index is 12.9. The lowest BCUT2D eigenvalue weighted by Gasteiger charge is -2.35. The number of imide groups is 1. The molecule has 1 atom stereocenters. The number of urea groups is 1. The first-order valence-corrected chi connectivity index (χ1v) is 15.6. The summed E-state index contributed by atoms with van der Waals surface area (Å²) in [7, 11) is 0. The Hall–Kier alpha value is -4.98. The van der Waals surface area contributed by atoms with E-state index < -0.39 is 29.6 Å². The van der Waals surface area contributed by atoms with Gasteiger partial charge in [-0.2, -0.15) is 0 Å². The van der Waals surface area contributed by atoms with E-state index >= 15 is 0 Å². The molecule has 2 saturated heterocycles. The molecule has 250 valence electrons. The van der Waals surface area contributed by atoms with Gasteiger partial charge in [0.25, 0.3) is 5.91 Å². The molecule has 0 spiro atoms. The van der Waals surface area contributed by atoms with Gasteiger partial charge in [0, 0.05) is 63.0 Å². The van der Waals surface area contributed by atoms with Crippen LogP contribution in [0.15, 0.2) is 36.4 Å². The number of nitrogens with one attached hydrogen (secondary N) is 3. The van der Waals surface area contributed by atoms with Crippen molar-refractivity contribution in [1.29, 1.82) is 0 Å². The monoisotopic (exact) mass is 648 g/mol. The van der Waals surface area contributed by atoms with E-state index in [1.165, 1.54) is 4.90 Å². The lowest BCUT2D eigenvalue weighted by atomic mass is 10.0. The summed E-state index contributed by atoms with van der Waals surface area (Å²) >= 11 is 0. The Morgan fingerprint density at radius 2 is 1.74 bits per heavy atom. The molecule has 2 aromatic carbocycles. The molecule has 0 saturated carbocycles. The second-order valence-electron chi connectivity index (χ2n) is 12.9. The highest BCUT2D eigenvalue weighted by molar-refractivity contribution is 6.05. The number of piperidine rings is 1. The van der Waals surface area contributed by atoms with Crippen molar-refractivity contribution in [3.63, 3.8) is 0 Å². The third-order valence-electron chi connectivity index (χ3n) is 8.09. The van der Waals surface area contributed by atoms with Crippen molar-refractivity contribution in [3.05, 3.63) is 58.7 Å². The topological polar surface area (TPSA) is 167 Å². The van der Waals surface area contributed by atoms with Crippen molar-refractivity contribution in [3.8, 4) is 5.75 Å². The van der Waals surface area contributed by atoms with Gasteiger partial charge in [-0.3, -0.25) is 29.4 Å². The molecule has 47 heavy (non-hydrogen) atoms. The number of rotatable bonds is 7. The molecule has 1 unspecified atom stereocenters. The molecule has 6 amide bonds. The van der Waals surface area contributed by atoms with Crippen molar-refractivity contribution in [2.45, 2.75) is 65.3 Å². The predicted octanol–water partition coefficient (Wildman–Crippen LogP) is 2.54. The molecular formula is C33H40N6O8. The molecule has 3 aliphatic rings. The summed E-state index contributed by atoms with van der Waals surface area (Å²) < 4.78 is 11.0. The van der Waals surface area contributed by atoms with Gasteiger partial charge in [-0.1, -0.05) is 18.2 Å². The highest BCUT2D eigenvalue weighted by atomic mass is 16.6. The van der Waals surface area contributed by atoms with Gasteiger partial charge in [-0.05, 0) is 62.9 Å². The Bertz CT molecular complexity index is 1590. The Labute approximate surface area is 272 Å². The van der Waals surface area contributed by atoms with Crippen molar-refractivity contribution >= 4 is 41.5 Å². The maximum atomic E-state index is 12.9. The Morgan fingerprint density at radius 1 is 1.00 bits per heavy atom. The van der Waals surface area contributed by atoms with Crippen LogP contribution in [0.2, 0.25) is 0 Å². The molecule has 0 aromatic heterocycles. The van der Waals surface area contributed by atoms with Crippen LogP contribution in [0, 0.1) is 6.92 Å². The van der Waals surface area contributed by atoms with Gasteiger partial charge in [-0.15, -0.1) is 0 Å². The molecule has 5 rings (SSSR count). The highest BCUT2D eigenvalue weighted by Gasteiger charge is 2.39. The molecule has 14 heteroatoms. The fraction of sp³-hybridized carbons (Fsp3) is 0.455. The van der Waals surface area contributed by atoms with Crippen LogP contribution < -0.4 is 20.7 Å². The lowest BCUT2D eigenvalue weighted by molar-refractivity contribution is -0.137. The zero-order valence-electron chi connectivity index (χ0n) is 27.0. The number of benzene rings is 2. The highest BCUT2D eigenvalue weighted by Crippen LogP contribution is 2.28. The molecule has 0 aliphatic carbocycles. The van der Waals surface area contributed by atoms with Crippen molar-refractivity contribution < 1.29 is 38.2 Å². The minimum absolute atomic E-state index is 0.0530. The van der Waals surface area contributed by atoms with E-state index in [0.717, 1.165) is 16.7 Å². The number of ether oxygens (including phenoxy) is 2. The second kappa shape index (κ2) is 13.8. The number of esters is 1. The summed E-state index contributed by atoms with van der Waals surface area (Å²) in [6.45, 7) is 9.63. The third-order valence-corrected chi connectivity index (χ3v) is 8.09. The second-order valence-corrected chi connectivity index (χ2v) is 12.9. The van der Waals surface area contributed by atoms with E-state index in [2.05, 4.69) is 16.0 Å². The molecule has 3 heterocycles. The number of aryl methyl sites for hydroxylation is 1. The van der Waals surface area contributed by atoms with Gasteiger partial charge in [0.15, 0.2) is 0 Å². The molecule has 2 aromatic rings. The molecule has 0 radical (unpaired) electrons. The van der Waals surface area contributed by atoms with Crippen LogP contribution in [-0.2, 0) is 32.2 Å². The third kappa shape index (κ3) is 8.44. The smallest absolute Gasteiger partial charge is 0.410 e. The average Bonchev–Trinajstić information content (AvgIpc) is 3.32. The van der Waals surface area contributed by atoms with Gasteiger partial charge < -0.3 is 29.9 Å². The van der Waals surface area contributed by atoms with Crippen LogP contribution in [0.25, 0.3) is 0 Å². The van der Waals surface area contributed by atoms with Crippen molar-refractivity contribution in [2.24, 2.45) is 0 Å². The first kappa shape index (κ1) is 33.4. The van der Waals surface area contributed by atoms with Crippen LogP contribution in [0.5, 0.6) is 5.75 Å². The summed E-state index contributed by atoms with van der Waals surface area (Å²) in [5.41, 5.74) is 2.58. The van der Waals surface area contributed by atoms with Crippen LogP contribution >= 0.6 is 0 Å². The number of carbonyl (C=O) groups excluding carboxylic acids is 6. The Kier molecular flexibility index (Phi) is 9.80. The van der Waals surface area contributed by atoms with E-state index in [0.29, 0.717) is 43.2 Å². The summed E-state index contributed by atoms with van der Waals surface area (Å²) in [6.07, 6.45) is 0.0983. The van der Waals surface area contributed by atoms with Crippen molar-refractivity contribution in [1.82, 2.24) is 25.3 Å². The van der Waals surface area contributed by atoms with E-state index in [4.69, 9.17) is 9.47 Å². The summed E-state index contributed by atoms with van der Waals surface area (Å²) in [6, 6.07) is 9.09. The Balaban J connectivity index is 1.09. The number of anilines is 1. The van der Waals surface area contributed by atoms with Gasteiger partial charge >= 0.3 is 18.1 Å². The van der Waals surface area contributed by atoms with Crippen LogP contribution in [0.1, 0.15) is 60.7 Å². The molecule has 0 bridgehead atoms. The fourth-order valence-electron chi connectivity index (χ4n) is 5.64. The summed E-state index contributed by atoms with van der Waals surface area (Å²) in [5.74, 6) is -1.20. The zero-order valence-corrected chi connectivity index (χ0v) is 27.0. The predicted molar refractivity (Wildman–Crippen MR) is 169 cm³/mol. The first-order chi connectivity index (χ1) is 22.3. The number of piperazine rings is 1. The van der Waals surface area contributed by atoms with E-state index in [-0.39, 0.29) is 50.4 Å². The van der Waals surface area contributed by atoms with Gasteiger partial charge in [-0.25, -0.2) is 9.59 Å². The minimum atomic E-state index is -0.694. The molecule has 14 nitrogen and oxygen atoms in total. The normalized spacial score (nSPS) is 18.4. The number of hydrogen-bond donors (Lipinski definition) is 3. The average molecular weight is 649 g/mol. The van der Waals surface area contributed by atoms with Crippen LogP contribution in [-0.4, -0.2) is 94.9 Å². The van der Waals surface area contributed by atoms with Crippen LogP contribution in [0.4, 0.5) is 15.3 Å². The van der Waals surface area contributed by atoms with Crippen molar-refractivity contribution in [2.75, 3.05) is 38.0 Å². The quantitative estimate of drug-likeness (QED) is 0.232. The minimum Gasteiger partial charge on any atom is -0.444 e. The van der Waals surface area contributed by atoms with E-state index in [1.807, 2.05) is 31.7 Å². The maximum Gasteiger partial charge on any atom is 0.410 e. The number of amides is 6. The van der Waals surface area contributed by atoms with Gasteiger partial charge in [0.05, 0.1) is 6.54 Å². The number of fused-ring (bicyclic) bond motifs is 1. The lowest BCUT2D eigenvalue weighted by Crippen LogP contribution is -2.52. The van der Waals surface area contributed by atoms with E-state index in [1.54, 1.807) is 42.2 Å². The summed E-state index contributed by atoms with van der Waals surface area (Å²) in [5, 5.41) is 7.83.